The van der Waals surface area contributed by atoms with E-state index in [1.807, 2.05) is 30.3 Å². The van der Waals surface area contributed by atoms with Crippen LogP contribution in [0.15, 0.2) is 66.9 Å². The standard InChI is InChI=1S/C21H20O6/c1-23-16-9-7-15(8-10-16)21-25-13-18-19(27-21)17(11-12-24-18)26-20(22)14-5-3-2-4-6-14/h2-12,17-19,21H,13H2,1H3/t17-,18-,19+,21?/m1/s1. The Morgan fingerprint density at radius 2 is 1.85 bits per heavy atom. The summed E-state index contributed by atoms with van der Waals surface area (Å²) in [6.45, 7) is 0.338. The zero-order valence-corrected chi connectivity index (χ0v) is 14.8. The summed E-state index contributed by atoms with van der Waals surface area (Å²) in [5.41, 5.74) is 1.35. The summed E-state index contributed by atoms with van der Waals surface area (Å²) in [6.07, 6.45) is 1.32. The number of carbonyl (C=O) groups excluding carboxylic acids is 1. The predicted octanol–water partition coefficient (Wildman–Crippen LogP) is 3.25. The van der Waals surface area contributed by atoms with Crippen LogP contribution in [0.5, 0.6) is 5.75 Å². The molecule has 0 aliphatic carbocycles. The van der Waals surface area contributed by atoms with Gasteiger partial charge in [0, 0.05) is 5.56 Å². The third kappa shape index (κ3) is 3.82. The first-order valence-electron chi connectivity index (χ1n) is 8.74. The summed E-state index contributed by atoms with van der Waals surface area (Å²) in [7, 11) is 1.62. The molecule has 2 aliphatic rings. The molecule has 0 radical (unpaired) electrons. The quantitative estimate of drug-likeness (QED) is 0.772. The third-order valence-corrected chi connectivity index (χ3v) is 4.55. The molecule has 2 aromatic carbocycles. The Morgan fingerprint density at radius 3 is 2.59 bits per heavy atom. The molecule has 2 aromatic rings. The van der Waals surface area contributed by atoms with E-state index in [9.17, 15) is 4.79 Å². The van der Waals surface area contributed by atoms with Crippen molar-refractivity contribution in [1.29, 1.82) is 0 Å². The van der Waals surface area contributed by atoms with Crippen molar-refractivity contribution in [3.05, 3.63) is 78.1 Å². The van der Waals surface area contributed by atoms with Gasteiger partial charge in [0.15, 0.2) is 18.5 Å². The smallest absolute Gasteiger partial charge is 0.338 e. The monoisotopic (exact) mass is 368 g/mol. The van der Waals surface area contributed by atoms with E-state index in [-0.39, 0.29) is 6.10 Å². The number of benzene rings is 2. The lowest BCUT2D eigenvalue weighted by Gasteiger charge is -2.40. The summed E-state index contributed by atoms with van der Waals surface area (Å²) in [5.74, 6) is 0.355. The molecule has 4 rings (SSSR count). The molecule has 27 heavy (non-hydrogen) atoms. The molecule has 4 atom stereocenters. The van der Waals surface area contributed by atoms with Gasteiger partial charge in [0.25, 0.3) is 0 Å². The van der Waals surface area contributed by atoms with Crippen LogP contribution >= 0.6 is 0 Å². The molecule has 6 heteroatoms. The Balaban J connectivity index is 1.48. The summed E-state index contributed by atoms with van der Waals surface area (Å²) in [5, 5.41) is 0. The van der Waals surface area contributed by atoms with Crippen LogP contribution in [0, 0.1) is 0 Å². The van der Waals surface area contributed by atoms with Crippen LogP contribution in [-0.4, -0.2) is 38.0 Å². The Kier molecular flexibility index (Phi) is 5.09. The minimum Gasteiger partial charge on any atom is -0.497 e. The highest BCUT2D eigenvalue weighted by Gasteiger charge is 2.42. The van der Waals surface area contributed by atoms with Gasteiger partial charge in [-0.3, -0.25) is 0 Å². The fourth-order valence-corrected chi connectivity index (χ4v) is 3.09. The molecular weight excluding hydrogens is 348 g/mol. The van der Waals surface area contributed by atoms with E-state index in [4.69, 9.17) is 23.7 Å². The molecule has 1 unspecified atom stereocenters. The van der Waals surface area contributed by atoms with E-state index in [2.05, 4.69) is 0 Å². The molecular formula is C21H20O6. The lowest BCUT2D eigenvalue weighted by molar-refractivity contribution is -0.276. The second-order valence-electron chi connectivity index (χ2n) is 6.28. The molecule has 0 spiro atoms. The van der Waals surface area contributed by atoms with Gasteiger partial charge in [0.2, 0.25) is 0 Å². The van der Waals surface area contributed by atoms with Crippen molar-refractivity contribution in [3.63, 3.8) is 0 Å². The van der Waals surface area contributed by atoms with Gasteiger partial charge >= 0.3 is 5.97 Å². The van der Waals surface area contributed by atoms with Crippen molar-refractivity contribution in [3.8, 4) is 5.75 Å². The first-order chi connectivity index (χ1) is 13.2. The highest BCUT2D eigenvalue weighted by atomic mass is 16.7. The topological polar surface area (TPSA) is 63.2 Å². The van der Waals surface area contributed by atoms with Crippen LogP contribution in [0.2, 0.25) is 0 Å². The fraction of sp³-hybridized carbons (Fsp3) is 0.286. The highest BCUT2D eigenvalue weighted by Crippen LogP contribution is 2.33. The summed E-state index contributed by atoms with van der Waals surface area (Å²) >= 11 is 0. The van der Waals surface area contributed by atoms with E-state index >= 15 is 0 Å². The van der Waals surface area contributed by atoms with Gasteiger partial charge in [-0.25, -0.2) is 4.79 Å². The molecule has 0 N–H and O–H groups in total. The Bertz CT molecular complexity index is 801. The fourth-order valence-electron chi connectivity index (χ4n) is 3.09. The Labute approximate surface area is 157 Å². The highest BCUT2D eigenvalue weighted by molar-refractivity contribution is 5.89. The molecule has 6 nitrogen and oxygen atoms in total. The van der Waals surface area contributed by atoms with Gasteiger partial charge in [-0.1, -0.05) is 30.3 Å². The van der Waals surface area contributed by atoms with Crippen LogP contribution in [0.4, 0.5) is 0 Å². The van der Waals surface area contributed by atoms with Crippen LogP contribution in [-0.2, 0) is 18.9 Å². The molecule has 0 bridgehead atoms. The van der Waals surface area contributed by atoms with Crippen molar-refractivity contribution < 1.29 is 28.5 Å². The third-order valence-electron chi connectivity index (χ3n) is 4.55. The van der Waals surface area contributed by atoms with Crippen molar-refractivity contribution >= 4 is 5.97 Å². The number of ether oxygens (including phenoxy) is 5. The minimum absolute atomic E-state index is 0.335. The van der Waals surface area contributed by atoms with Gasteiger partial charge < -0.3 is 23.7 Å². The molecule has 0 saturated carbocycles. The number of esters is 1. The summed E-state index contributed by atoms with van der Waals surface area (Å²) in [4.78, 5) is 12.4. The zero-order chi connectivity index (χ0) is 18.6. The second-order valence-corrected chi connectivity index (χ2v) is 6.28. The van der Waals surface area contributed by atoms with E-state index in [1.165, 1.54) is 6.26 Å². The average molecular weight is 368 g/mol. The Hall–Kier alpha value is -2.83. The number of rotatable bonds is 4. The second kappa shape index (κ2) is 7.82. The Morgan fingerprint density at radius 1 is 1.07 bits per heavy atom. The van der Waals surface area contributed by atoms with Gasteiger partial charge in [-0.2, -0.15) is 0 Å². The minimum atomic E-state index is -0.565. The molecule has 2 aliphatic heterocycles. The van der Waals surface area contributed by atoms with Crippen LogP contribution < -0.4 is 4.74 Å². The number of hydrogen-bond acceptors (Lipinski definition) is 6. The molecule has 2 heterocycles. The van der Waals surface area contributed by atoms with Crippen molar-refractivity contribution in [1.82, 2.24) is 0 Å². The molecule has 0 aromatic heterocycles. The van der Waals surface area contributed by atoms with E-state index in [0.29, 0.717) is 12.2 Å². The van der Waals surface area contributed by atoms with Crippen molar-refractivity contribution in [2.75, 3.05) is 13.7 Å². The van der Waals surface area contributed by atoms with Crippen molar-refractivity contribution in [2.24, 2.45) is 0 Å². The number of carbonyl (C=O) groups is 1. The maximum Gasteiger partial charge on any atom is 0.338 e. The predicted molar refractivity (Wildman–Crippen MR) is 96.2 cm³/mol. The molecule has 1 fully saturated rings. The van der Waals surface area contributed by atoms with Gasteiger partial charge in [-0.15, -0.1) is 0 Å². The van der Waals surface area contributed by atoms with E-state index in [0.717, 1.165) is 11.3 Å². The van der Waals surface area contributed by atoms with Crippen LogP contribution in [0.25, 0.3) is 0 Å². The normalized spacial score (nSPS) is 26.6. The summed E-state index contributed by atoms with van der Waals surface area (Å²) in [6, 6.07) is 16.3. The lowest BCUT2D eigenvalue weighted by atomic mass is 10.0. The molecule has 0 amide bonds. The largest absolute Gasteiger partial charge is 0.497 e. The van der Waals surface area contributed by atoms with Gasteiger partial charge in [0.05, 0.1) is 25.5 Å². The summed E-state index contributed by atoms with van der Waals surface area (Å²) < 4.78 is 28.3. The number of fused-ring (bicyclic) bond motifs is 1. The zero-order valence-electron chi connectivity index (χ0n) is 14.8. The number of hydrogen-bond donors (Lipinski definition) is 0. The lowest BCUT2D eigenvalue weighted by Crippen LogP contribution is -2.50. The van der Waals surface area contributed by atoms with Crippen molar-refractivity contribution in [2.45, 2.75) is 24.6 Å². The van der Waals surface area contributed by atoms with E-state index in [1.54, 1.807) is 37.5 Å². The first-order valence-corrected chi connectivity index (χ1v) is 8.74. The maximum absolute atomic E-state index is 12.4. The van der Waals surface area contributed by atoms with Gasteiger partial charge in [0.1, 0.15) is 11.9 Å². The van der Waals surface area contributed by atoms with Crippen LogP contribution in [0.1, 0.15) is 22.2 Å². The number of methoxy groups -OCH3 is 1. The SMILES string of the molecule is COc1ccc(C2OC[C@H]3OC=C[C@@H](OC(=O)c4ccccc4)[C@@H]3O2)cc1. The maximum atomic E-state index is 12.4. The molecule has 140 valence electrons. The van der Waals surface area contributed by atoms with E-state index < -0.39 is 24.5 Å². The average Bonchev–Trinajstić information content (AvgIpc) is 2.74. The first kappa shape index (κ1) is 17.6. The van der Waals surface area contributed by atoms with Gasteiger partial charge in [-0.05, 0) is 30.3 Å². The van der Waals surface area contributed by atoms with Crippen LogP contribution in [0.3, 0.4) is 0 Å². The molecule has 1 saturated heterocycles.